The zero-order valence-electron chi connectivity index (χ0n) is 14.3. The largest absolute Gasteiger partial charge is 0.356 e. The quantitative estimate of drug-likeness (QED) is 0.629. The Hall–Kier alpha value is -2.32. The van der Waals surface area contributed by atoms with E-state index in [1.54, 1.807) is 48.5 Å². The Morgan fingerprint density at radius 1 is 1.12 bits per heavy atom. The van der Waals surface area contributed by atoms with Gasteiger partial charge in [-0.25, -0.2) is 17.4 Å². The summed E-state index contributed by atoms with van der Waals surface area (Å²) in [7, 11) is -3.78. The van der Waals surface area contributed by atoms with Gasteiger partial charge in [-0.1, -0.05) is 42.1 Å². The molecule has 0 saturated carbocycles. The summed E-state index contributed by atoms with van der Waals surface area (Å²) in [5, 5.41) is 3.09. The number of rotatable bonds is 7. The minimum atomic E-state index is -3.78. The number of hydrogen-bond donors (Lipinski definition) is 1. The van der Waals surface area contributed by atoms with E-state index in [9.17, 15) is 13.2 Å². The van der Waals surface area contributed by atoms with Crippen LogP contribution in [0.1, 0.15) is 13.3 Å². The van der Waals surface area contributed by atoms with Gasteiger partial charge in [-0.3, -0.25) is 4.79 Å². The molecule has 0 spiro atoms. The molecule has 1 aromatic heterocycles. The molecule has 0 unspecified atom stereocenters. The van der Waals surface area contributed by atoms with Crippen LogP contribution >= 0.6 is 11.8 Å². The summed E-state index contributed by atoms with van der Waals surface area (Å²) in [6, 6.07) is 15.4. The Morgan fingerprint density at radius 2 is 1.81 bits per heavy atom. The third-order valence-corrected chi connectivity index (χ3v) is 6.48. The van der Waals surface area contributed by atoms with Crippen molar-refractivity contribution in [2.24, 2.45) is 0 Å². The van der Waals surface area contributed by atoms with E-state index in [2.05, 4.69) is 10.3 Å². The minimum absolute atomic E-state index is 0.0615. The normalized spacial score (nSPS) is 11.6. The number of carbonyl (C=O) groups excluding carboxylic acids is 1. The summed E-state index contributed by atoms with van der Waals surface area (Å²) in [5.41, 5.74) is 1.13. The van der Waals surface area contributed by atoms with Crippen molar-refractivity contribution in [1.29, 1.82) is 0 Å². The van der Waals surface area contributed by atoms with E-state index < -0.39 is 10.0 Å². The second kappa shape index (κ2) is 7.92. The molecule has 0 aliphatic rings. The summed E-state index contributed by atoms with van der Waals surface area (Å²) in [6.45, 7) is 2.43. The Balaban J connectivity index is 1.99. The van der Waals surface area contributed by atoms with Gasteiger partial charge in [0, 0.05) is 18.7 Å². The Labute approximate surface area is 156 Å². The topological polar surface area (TPSA) is 81.1 Å². The third-order valence-electron chi connectivity index (χ3n) is 3.71. The number of nitrogens with one attached hydrogen (secondary N) is 1. The maximum atomic E-state index is 13.2. The fourth-order valence-corrected chi connectivity index (χ4v) is 5.20. The number of amides is 1. The van der Waals surface area contributed by atoms with E-state index in [1.165, 1.54) is 15.7 Å². The molecule has 0 atom stereocenters. The molecule has 0 radical (unpaired) electrons. The average Bonchev–Trinajstić information content (AvgIpc) is 3.01. The van der Waals surface area contributed by atoms with Crippen LogP contribution in [0.5, 0.6) is 0 Å². The summed E-state index contributed by atoms with van der Waals surface area (Å²) in [6.07, 6.45) is 0.299. The molecule has 0 aliphatic heterocycles. The van der Waals surface area contributed by atoms with Crippen molar-refractivity contribution in [2.45, 2.75) is 23.4 Å². The lowest BCUT2D eigenvalue weighted by atomic mass is 10.3. The van der Waals surface area contributed by atoms with E-state index in [-0.39, 0.29) is 10.8 Å². The van der Waals surface area contributed by atoms with Crippen molar-refractivity contribution in [1.82, 2.24) is 14.3 Å². The van der Waals surface area contributed by atoms with Crippen LogP contribution in [0.15, 0.2) is 64.6 Å². The molecule has 1 amide bonds. The Kier molecular flexibility index (Phi) is 5.63. The monoisotopic (exact) mass is 389 g/mol. The standard InChI is InChI=1S/C18H19N3O3S2/c1-2-19-17(22)12-13-25-18-20-15-10-6-7-11-16(15)21(18)26(23,24)14-8-4-3-5-9-14/h3-11H,2,12-13H2,1H3,(H,19,22). The van der Waals surface area contributed by atoms with E-state index in [4.69, 9.17) is 0 Å². The molecule has 136 valence electrons. The van der Waals surface area contributed by atoms with Gasteiger partial charge in [0.25, 0.3) is 10.0 Å². The fraction of sp³-hybridized carbons (Fsp3) is 0.222. The highest BCUT2D eigenvalue weighted by Gasteiger charge is 2.24. The van der Waals surface area contributed by atoms with Crippen LogP contribution in [-0.2, 0) is 14.8 Å². The Morgan fingerprint density at radius 3 is 2.54 bits per heavy atom. The lowest BCUT2D eigenvalue weighted by molar-refractivity contribution is -0.120. The van der Waals surface area contributed by atoms with Gasteiger partial charge in [0.2, 0.25) is 5.91 Å². The number of para-hydroxylation sites is 2. The zero-order chi connectivity index (χ0) is 18.6. The molecule has 2 aromatic carbocycles. The van der Waals surface area contributed by atoms with Crippen LogP contribution in [0.2, 0.25) is 0 Å². The van der Waals surface area contributed by atoms with E-state index in [1.807, 2.05) is 13.0 Å². The van der Waals surface area contributed by atoms with Crippen LogP contribution in [0.3, 0.4) is 0 Å². The maximum absolute atomic E-state index is 13.2. The van der Waals surface area contributed by atoms with Crippen LogP contribution in [0, 0.1) is 0 Å². The second-order valence-corrected chi connectivity index (χ2v) is 8.37. The highest BCUT2D eigenvalue weighted by atomic mass is 32.2. The lowest BCUT2D eigenvalue weighted by Gasteiger charge is -2.10. The van der Waals surface area contributed by atoms with Crippen LogP contribution < -0.4 is 5.32 Å². The van der Waals surface area contributed by atoms with Crippen LogP contribution in [0.25, 0.3) is 11.0 Å². The van der Waals surface area contributed by atoms with Crippen molar-refractivity contribution in [3.63, 3.8) is 0 Å². The van der Waals surface area contributed by atoms with Crippen LogP contribution in [0.4, 0.5) is 0 Å². The predicted molar refractivity (Wildman–Crippen MR) is 103 cm³/mol. The molecule has 3 aromatic rings. The molecular formula is C18H19N3O3S2. The molecule has 3 rings (SSSR count). The molecular weight excluding hydrogens is 370 g/mol. The molecule has 1 heterocycles. The van der Waals surface area contributed by atoms with Crippen molar-refractivity contribution in [2.75, 3.05) is 12.3 Å². The van der Waals surface area contributed by atoms with Crippen molar-refractivity contribution >= 4 is 38.7 Å². The van der Waals surface area contributed by atoms with Gasteiger partial charge in [0.05, 0.1) is 15.9 Å². The highest BCUT2D eigenvalue weighted by Crippen LogP contribution is 2.29. The molecule has 26 heavy (non-hydrogen) atoms. The number of hydrogen-bond acceptors (Lipinski definition) is 5. The number of fused-ring (bicyclic) bond motifs is 1. The van der Waals surface area contributed by atoms with Crippen molar-refractivity contribution < 1.29 is 13.2 Å². The summed E-state index contributed by atoms with van der Waals surface area (Å²) >= 11 is 1.26. The molecule has 8 heteroatoms. The smallest absolute Gasteiger partial charge is 0.270 e. The van der Waals surface area contributed by atoms with Gasteiger partial charge in [-0.05, 0) is 31.2 Å². The summed E-state index contributed by atoms with van der Waals surface area (Å²) < 4.78 is 27.6. The number of thioether (sulfide) groups is 1. The zero-order valence-corrected chi connectivity index (χ0v) is 15.9. The van der Waals surface area contributed by atoms with Gasteiger partial charge in [-0.2, -0.15) is 0 Å². The van der Waals surface area contributed by atoms with Gasteiger partial charge in [0.1, 0.15) is 0 Å². The first-order chi connectivity index (χ1) is 12.5. The summed E-state index contributed by atoms with van der Waals surface area (Å²) in [5.74, 6) is 0.382. The molecule has 6 nitrogen and oxygen atoms in total. The lowest BCUT2D eigenvalue weighted by Crippen LogP contribution is -2.22. The van der Waals surface area contributed by atoms with Gasteiger partial charge in [0.15, 0.2) is 5.16 Å². The van der Waals surface area contributed by atoms with E-state index >= 15 is 0 Å². The number of carbonyl (C=O) groups is 1. The number of nitrogens with zero attached hydrogens (tertiary/aromatic N) is 2. The molecule has 0 bridgehead atoms. The van der Waals surface area contributed by atoms with Crippen molar-refractivity contribution in [3.05, 3.63) is 54.6 Å². The average molecular weight is 390 g/mol. The second-order valence-electron chi connectivity index (χ2n) is 5.52. The van der Waals surface area contributed by atoms with E-state index in [0.717, 1.165) is 0 Å². The molecule has 0 fully saturated rings. The number of imidazole rings is 1. The van der Waals surface area contributed by atoms with Crippen LogP contribution in [-0.4, -0.2) is 35.6 Å². The van der Waals surface area contributed by atoms with Crippen molar-refractivity contribution in [3.8, 4) is 0 Å². The molecule has 0 aliphatic carbocycles. The first-order valence-corrected chi connectivity index (χ1v) is 10.6. The van der Waals surface area contributed by atoms with Gasteiger partial charge in [-0.15, -0.1) is 0 Å². The van der Waals surface area contributed by atoms with Gasteiger partial charge < -0.3 is 5.32 Å². The predicted octanol–water partition coefficient (Wildman–Crippen LogP) is 2.89. The third kappa shape index (κ3) is 3.76. The number of aromatic nitrogens is 2. The summed E-state index contributed by atoms with van der Waals surface area (Å²) in [4.78, 5) is 16.3. The fourth-order valence-electron chi connectivity index (χ4n) is 2.52. The SMILES string of the molecule is CCNC(=O)CCSc1nc2ccccc2n1S(=O)(=O)c1ccccc1. The highest BCUT2D eigenvalue weighted by molar-refractivity contribution is 8.00. The first-order valence-electron chi connectivity index (χ1n) is 8.21. The van der Waals surface area contributed by atoms with E-state index in [0.29, 0.717) is 34.9 Å². The molecule has 0 saturated heterocycles. The molecule has 1 N–H and O–H groups in total. The Bertz CT molecular complexity index is 1010. The maximum Gasteiger partial charge on any atom is 0.270 e. The number of benzene rings is 2. The van der Waals surface area contributed by atoms with Gasteiger partial charge >= 0.3 is 0 Å². The first kappa shape index (κ1) is 18.5. The minimum Gasteiger partial charge on any atom is -0.356 e.